The molecule has 0 radical (unpaired) electrons. The number of hydrogen-bond acceptors (Lipinski definition) is 0. The average Bonchev–Trinajstić information content (AvgIpc) is 2.03. The predicted octanol–water partition coefficient (Wildman–Crippen LogP) is 4.14. The summed E-state index contributed by atoms with van der Waals surface area (Å²) in [6.45, 7) is 6.02. The van der Waals surface area contributed by atoms with Crippen LogP contribution in [-0.2, 0) is 0 Å². The van der Waals surface area contributed by atoms with Crippen molar-refractivity contribution in [3.05, 3.63) is 12.2 Å². The third-order valence-electron chi connectivity index (χ3n) is 2.76. The molecule has 0 heterocycles. The fourth-order valence-electron chi connectivity index (χ4n) is 1.92. The molecule has 0 nitrogen and oxygen atoms in total. The van der Waals surface area contributed by atoms with Crippen molar-refractivity contribution in [3.8, 4) is 0 Å². The van der Waals surface area contributed by atoms with Gasteiger partial charge in [0.25, 0.3) is 0 Å². The zero-order valence-corrected chi connectivity index (χ0v) is 8.74. The van der Waals surface area contributed by atoms with E-state index in [1.165, 1.54) is 37.7 Å². The van der Waals surface area contributed by atoms with Gasteiger partial charge in [0.05, 0.1) is 0 Å². The van der Waals surface area contributed by atoms with Crippen molar-refractivity contribution in [2.45, 2.75) is 50.8 Å². The maximum Gasteiger partial charge on any atom is 0.0364 e. The molecule has 2 unspecified atom stereocenters. The molecule has 0 aromatic carbocycles. The highest BCUT2D eigenvalue weighted by atomic mass is 35.5. The molecule has 1 aliphatic rings. The first kappa shape index (κ1) is 10.1. The van der Waals surface area contributed by atoms with E-state index < -0.39 is 0 Å². The largest absolute Gasteiger partial charge is 0.123 e. The third-order valence-corrected chi connectivity index (χ3v) is 3.33. The number of alkyl halides is 1. The van der Waals surface area contributed by atoms with Crippen LogP contribution in [0.2, 0.25) is 0 Å². The molecule has 0 bridgehead atoms. The Kier molecular flexibility index (Phi) is 4.14. The summed E-state index contributed by atoms with van der Waals surface area (Å²) in [5.74, 6) is 0.761. The number of allylic oxidation sites excluding steroid dienone is 1. The van der Waals surface area contributed by atoms with Crippen LogP contribution in [0.15, 0.2) is 12.2 Å². The van der Waals surface area contributed by atoms with E-state index in [1.54, 1.807) is 0 Å². The molecule has 1 saturated carbocycles. The normalized spacial score (nSPS) is 30.2. The van der Waals surface area contributed by atoms with Gasteiger partial charge in [-0.3, -0.25) is 0 Å². The highest BCUT2D eigenvalue weighted by molar-refractivity contribution is 6.20. The predicted molar refractivity (Wildman–Crippen MR) is 55.6 cm³/mol. The van der Waals surface area contributed by atoms with E-state index in [4.69, 9.17) is 11.6 Å². The summed E-state index contributed by atoms with van der Waals surface area (Å²) in [5, 5.41) is 0.443. The van der Waals surface area contributed by atoms with Crippen molar-refractivity contribution in [1.29, 1.82) is 0 Å². The third kappa shape index (κ3) is 3.18. The molecule has 1 rings (SSSR count). The standard InChI is InChI=1S/C11H19Cl/c1-9(2)7-8-10-5-3-4-6-11(10)12/h10-11H,1,3-8H2,2H3. The molecule has 0 saturated heterocycles. The van der Waals surface area contributed by atoms with E-state index in [9.17, 15) is 0 Å². The van der Waals surface area contributed by atoms with E-state index in [1.807, 2.05) is 0 Å². The van der Waals surface area contributed by atoms with Crippen LogP contribution in [-0.4, -0.2) is 5.38 Å². The van der Waals surface area contributed by atoms with Crippen molar-refractivity contribution in [1.82, 2.24) is 0 Å². The minimum Gasteiger partial charge on any atom is -0.123 e. The van der Waals surface area contributed by atoms with Gasteiger partial charge in [-0.1, -0.05) is 18.4 Å². The van der Waals surface area contributed by atoms with Gasteiger partial charge in [-0.15, -0.1) is 18.2 Å². The van der Waals surface area contributed by atoms with Crippen LogP contribution in [0.25, 0.3) is 0 Å². The molecule has 0 spiro atoms. The van der Waals surface area contributed by atoms with Crippen LogP contribution >= 0.6 is 11.6 Å². The van der Waals surface area contributed by atoms with Gasteiger partial charge in [-0.2, -0.15) is 0 Å². The molecule has 0 aromatic heterocycles. The summed E-state index contributed by atoms with van der Waals surface area (Å²) in [4.78, 5) is 0. The maximum absolute atomic E-state index is 6.24. The summed E-state index contributed by atoms with van der Waals surface area (Å²) >= 11 is 6.24. The Morgan fingerprint density at radius 2 is 2.08 bits per heavy atom. The fourth-order valence-corrected chi connectivity index (χ4v) is 2.33. The maximum atomic E-state index is 6.24. The van der Waals surface area contributed by atoms with Crippen LogP contribution in [0.1, 0.15) is 45.4 Å². The van der Waals surface area contributed by atoms with Crippen LogP contribution in [0.4, 0.5) is 0 Å². The average molecular weight is 187 g/mol. The molecule has 1 fully saturated rings. The van der Waals surface area contributed by atoms with E-state index in [2.05, 4.69) is 13.5 Å². The van der Waals surface area contributed by atoms with Crippen molar-refractivity contribution in [2.75, 3.05) is 0 Å². The summed E-state index contributed by atoms with van der Waals surface area (Å²) in [7, 11) is 0. The van der Waals surface area contributed by atoms with Crippen molar-refractivity contribution in [3.63, 3.8) is 0 Å². The zero-order chi connectivity index (χ0) is 8.97. The van der Waals surface area contributed by atoms with Gasteiger partial charge in [-0.05, 0) is 38.5 Å². The zero-order valence-electron chi connectivity index (χ0n) is 7.98. The van der Waals surface area contributed by atoms with E-state index in [0.717, 1.165) is 12.3 Å². The second-order valence-electron chi connectivity index (χ2n) is 4.06. The SMILES string of the molecule is C=C(C)CCC1CCCCC1Cl. The Morgan fingerprint density at radius 3 is 2.67 bits per heavy atom. The van der Waals surface area contributed by atoms with Gasteiger partial charge in [0.2, 0.25) is 0 Å². The molecule has 0 amide bonds. The van der Waals surface area contributed by atoms with Gasteiger partial charge < -0.3 is 0 Å². The Hall–Kier alpha value is 0.0300. The quantitative estimate of drug-likeness (QED) is 0.459. The Bertz CT molecular complexity index is 151. The smallest absolute Gasteiger partial charge is 0.0364 e. The first-order chi connectivity index (χ1) is 5.70. The monoisotopic (exact) mass is 186 g/mol. The minimum absolute atomic E-state index is 0.443. The second kappa shape index (κ2) is 4.91. The molecule has 1 aliphatic carbocycles. The second-order valence-corrected chi connectivity index (χ2v) is 4.62. The highest BCUT2D eigenvalue weighted by Crippen LogP contribution is 2.32. The van der Waals surface area contributed by atoms with Crippen molar-refractivity contribution < 1.29 is 0 Å². The van der Waals surface area contributed by atoms with Crippen LogP contribution in [0, 0.1) is 5.92 Å². The van der Waals surface area contributed by atoms with Gasteiger partial charge in [0, 0.05) is 5.38 Å². The minimum atomic E-state index is 0.443. The molecule has 0 aliphatic heterocycles. The lowest BCUT2D eigenvalue weighted by molar-refractivity contribution is 0.346. The molecular formula is C11H19Cl. The van der Waals surface area contributed by atoms with E-state index >= 15 is 0 Å². The number of rotatable bonds is 3. The first-order valence-electron chi connectivity index (χ1n) is 4.98. The molecule has 0 aromatic rings. The summed E-state index contributed by atoms with van der Waals surface area (Å²) in [6, 6.07) is 0. The summed E-state index contributed by atoms with van der Waals surface area (Å²) < 4.78 is 0. The summed E-state index contributed by atoms with van der Waals surface area (Å²) in [5.41, 5.74) is 1.30. The molecule has 12 heavy (non-hydrogen) atoms. The number of halogens is 1. The topological polar surface area (TPSA) is 0 Å². The first-order valence-corrected chi connectivity index (χ1v) is 5.42. The van der Waals surface area contributed by atoms with Crippen LogP contribution < -0.4 is 0 Å². The molecule has 0 N–H and O–H groups in total. The molecule has 2 atom stereocenters. The lowest BCUT2D eigenvalue weighted by Gasteiger charge is -2.26. The van der Waals surface area contributed by atoms with Crippen molar-refractivity contribution in [2.24, 2.45) is 5.92 Å². The van der Waals surface area contributed by atoms with Gasteiger partial charge in [-0.25, -0.2) is 0 Å². The summed E-state index contributed by atoms with van der Waals surface area (Å²) in [6.07, 6.45) is 7.68. The molecule has 70 valence electrons. The van der Waals surface area contributed by atoms with Gasteiger partial charge in [0.1, 0.15) is 0 Å². The van der Waals surface area contributed by atoms with Crippen LogP contribution in [0.5, 0.6) is 0 Å². The number of hydrogen-bond donors (Lipinski definition) is 0. The van der Waals surface area contributed by atoms with Gasteiger partial charge >= 0.3 is 0 Å². The van der Waals surface area contributed by atoms with Crippen molar-refractivity contribution >= 4 is 11.6 Å². The lowest BCUT2D eigenvalue weighted by Crippen LogP contribution is -2.19. The highest BCUT2D eigenvalue weighted by Gasteiger charge is 2.22. The Labute approximate surface area is 81.0 Å². The van der Waals surface area contributed by atoms with Gasteiger partial charge in [0.15, 0.2) is 0 Å². The lowest BCUT2D eigenvalue weighted by atomic mass is 9.85. The Morgan fingerprint density at radius 1 is 1.42 bits per heavy atom. The molecule has 1 heteroatoms. The van der Waals surface area contributed by atoms with E-state index in [0.29, 0.717) is 5.38 Å². The van der Waals surface area contributed by atoms with E-state index in [-0.39, 0.29) is 0 Å². The molecular weight excluding hydrogens is 168 g/mol. The van der Waals surface area contributed by atoms with Crippen LogP contribution in [0.3, 0.4) is 0 Å². The Balaban J connectivity index is 2.24. The fraction of sp³-hybridized carbons (Fsp3) is 0.818.